The van der Waals surface area contributed by atoms with E-state index >= 15 is 0 Å². The highest BCUT2D eigenvalue weighted by Gasteiger charge is 2.27. The van der Waals surface area contributed by atoms with Crippen LogP contribution in [0.2, 0.25) is 0 Å². The third-order valence-corrected chi connectivity index (χ3v) is 3.81. The van der Waals surface area contributed by atoms with Crippen LogP contribution >= 0.6 is 0 Å². The summed E-state index contributed by atoms with van der Waals surface area (Å²) < 4.78 is 5.71. The molecule has 3 heteroatoms. The minimum absolute atomic E-state index is 0.00585. The molecule has 1 aliphatic rings. The number of ether oxygens (including phenoxy) is 1. The van der Waals surface area contributed by atoms with Gasteiger partial charge in [-0.2, -0.15) is 0 Å². The van der Waals surface area contributed by atoms with E-state index in [2.05, 4.69) is 25.7 Å². The molecule has 0 saturated carbocycles. The maximum absolute atomic E-state index is 6.36. The molecule has 0 bridgehead atoms. The maximum atomic E-state index is 6.36. The average molecular weight is 228 g/mol. The Morgan fingerprint density at radius 2 is 2.00 bits per heavy atom. The quantitative estimate of drug-likeness (QED) is 0.756. The summed E-state index contributed by atoms with van der Waals surface area (Å²) >= 11 is 0. The summed E-state index contributed by atoms with van der Waals surface area (Å²) in [7, 11) is 0. The second-order valence-electron chi connectivity index (χ2n) is 5.02. The fraction of sp³-hybridized carbons (Fsp3) is 1.00. The van der Waals surface area contributed by atoms with Crippen molar-refractivity contribution in [2.24, 2.45) is 5.73 Å². The van der Waals surface area contributed by atoms with E-state index in [0.717, 1.165) is 32.5 Å². The van der Waals surface area contributed by atoms with Gasteiger partial charge in [0.15, 0.2) is 0 Å². The van der Waals surface area contributed by atoms with Crippen LogP contribution in [0.15, 0.2) is 0 Å². The highest BCUT2D eigenvalue weighted by atomic mass is 16.5. The SMILES string of the molecule is CCOC1CCCN(CC(N)(CC)CC)C1. The number of rotatable bonds is 6. The van der Waals surface area contributed by atoms with Gasteiger partial charge in [0.2, 0.25) is 0 Å². The van der Waals surface area contributed by atoms with E-state index in [1.54, 1.807) is 0 Å². The van der Waals surface area contributed by atoms with Crippen molar-refractivity contribution >= 4 is 0 Å². The predicted octanol–water partition coefficient (Wildman–Crippen LogP) is 2.00. The first kappa shape index (κ1) is 13.9. The third-order valence-electron chi connectivity index (χ3n) is 3.81. The summed E-state index contributed by atoms with van der Waals surface area (Å²) in [5.41, 5.74) is 6.36. The third kappa shape index (κ3) is 4.04. The fourth-order valence-electron chi connectivity index (χ4n) is 2.45. The molecule has 1 fully saturated rings. The average Bonchev–Trinajstić information content (AvgIpc) is 2.30. The van der Waals surface area contributed by atoms with E-state index in [9.17, 15) is 0 Å². The molecule has 1 unspecified atom stereocenters. The first-order valence-corrected chi connectivity index (χ1v) is 6.76. The highest BCUT2D eigenvalue weighted by molar-refractivity contribution is 4.87. The van der Waals surface area contributed by atoms with Gasteiger partial charge in [0.25, 0.3) is 0 Å². The molecule has 0 aromatic rings. The highest BCUT2D eigenvalue weighted by Crippen LogP contribution is 2.18. The lowest BCUT2D eigenvalue weighted by atomic mass is 9.92. The molecule has 2 N–H and O–H groups in total. The van der Waals surface area contributed by atoms with Crippen LogP contribution in [-0.2, 0) is 4.74 Å². The van der Waals surface area contributed by atoms with E-state index in [-0.39, 0.29) is 5.54 Å². The zero-order chi connectivity index (χ0) is 12.0. The van der Waals surface area contributed by atoms with Crippen LogP contribution in [0.5, 0.6) is 0 Å². The standard InChI is InChI=1S/C13H28N2O/c1-4-13(14,5-2)11-15-9-7-8-12(10-15)16-6-3/h12H,4-11,14H2,1-3H3. The van der Waals surface area contributed by atoms with Crippen LogP contribution in [0, 0.1) is 0 Å². The second-order valence-corrected chi connectivity index (χ2v) is 5.02. The van der Waals surface area contributed by atoms with Crippen LogP contribution < -0.4 is 5.73 Å². The van der Waals surface area contributed by atoms with Crippen LogP contribution in [0.1, 0.15) is 46.5 Å². The van der Waals surface area contributed by atoms with Gasteiger partial charge in [0, 0.05) is 25.2 Å². The molecule has 0 amide bonds. The fourth-order valence-corrected chi connectivity index (χ4v) is 2.45. The molecule has 0 aliphatic carbocycles. The smallest absolute Gasteiger partial charge is 0.0702 e. The Labute approximate surface area is 100 Å². The summed E-state index contributed by atoms with van der Waals surface area (Å²) in [4.78, 5) is 2.48. The monoisotopic (exact) mass is 228 g/mol. The van der Waals surface area contributed by atoms with Crippen LogP contribution in [-0.4, -0.2) is 42.8 Å². The zero-order valence-electron chi connectivity index (χ0n) is 11.2. The normalized spacial score (nSPS) is 23.6. The molecule has 1 atom stereocenters. The van der Waals surface area contributed by atoms with Crippen molar-refractivity contribution in [2.45, 2.75) is 58.1 Å². The lowest BCUT2D eigenvalue weighted by Gasteiger charge is -2.38. The molecule has 1 aliphatic heterocycles. The van der Waals surface area contributed by atoms with Gasteiger partial charge in [0.1, 0.15) is 0 Å². The van der Waals surface area contributed by atoms with Gasteiger partial charge in [-0.25, -0.2) is 0 Å². The molecule has 1 rings (SSSR count). The molecular formula is C13H28N2O. The Morgan fingerprint density at radius 3 is 2.56 bits per heavy atom. The first-order chi connectivity index (χ1) is 7.63. The molecule has 16 heavy (non-hydrogen) atoms. The Morgan fingerprint density at radius 1 is 1.31 bits per heavy atom. The summed E-state index contributed by atoms with van der Waals surface area (Å²) in [6.45, 7) is 10.5. The molecule has 1 heterocycles. The summed E-state index contributed by atoms with van der Waals surface area (Å²) in [6.07, 6.45) is 4.99. The number of piperidine rings is 1. The van der Waals surface area contributed by atoms with Crippen molar-refractivity contribution in [3.8, 4) is 0 Å². The molecular weight excluding hydrogens is 200 g/mol. The molecule has 0 aromatic heterocycles. The number of likely N-dealkylation sites (tertiary alicyclic amines) is 1. The topological polar surface area (TPSA) is 38.5 Å². The summed E-state index contributed by atoms with van der Waals surface area (Å²) in [6, 6.07) is 0. The Kier molecular flexibility index (Phi) is 5.73. The lowest BCUT2D eigenvalue weighted by Crippen LogP contribution is -2.52. The molecule has 1 saturated heterocycles. The minimum atomic E-state index is -0.00585. The van der Waals surface area contributed by atoms with E-state index in [1.165, 1.54) is 19.4 Å². The van der Waals surface area contributed by atoms with Crippen molar-refractivity contribution in [2.75, 3.05) is 26.2 Å². The van der Waals surface area contributed by atoms with Gasteiger partial charge in [-0.1, -0.05) is 13.8 Å². The molecule has 3 nitrogen and oxygen atoms in total. The van der Waals surface area contributed by atoms with Crippen molar-refractivity contribution in [3.05, 3.63) is 0 Å². The van der Waals surface area contributed by atoms with Crippen molar-refractivity contribution in [1.29, 1.82) is 0 Å². The molecule has 0 radical (unpaired) electrons. The molecule has 96 valence electrons. The Bertz CT molecular complexity index is 190. The minimum Gasteiger partial charge on any atom is -0.377 e. The summed E-state index contributed by atoms with van der Waals surface area (Å²) in [5.74, 6) is 0. The van der Waals surface area contributed by atoms with Gasteiger partial charge >= 0.3 is 0 Å². The predicted molar refractivity (Wildman–Crippen MR) is 68.6 cm³/mol. The number of hydrogen-bond acceptors (Lipinski definition) is 3. The van der Waals surface area contributed by atoms with Gasteiger partial charge in [-0.15, -0.1) is 0 Å². The van der Waals surface area contributed by atoms with Gasteiger partial charge in [-0.3, -0.25) is 4.90 Å². The molecule has 0 spiro atoms. The van der Waals surface area contributed by atoms with Gasteiger partial charge in [-0.05, 0) is 39.2 Å². The van der Waals surface area contributed by atoms with E-state index in [4.69, 9.17) is 10.5 Å². The van der Waals surface area contributed by atoms with E-state index in [1.807, 2.05) is 0 Å². The van der Waals surface area contributed by atoms with Crippen LogP contribution in [0.3, 0.4) is 0 Å². The van der Waals surface area contributed by atoms with Crippen molar-refractivity contribution in [1.82, 2.24) is 4.90 Å². The number of hydrogen-bond donors (Lipinski definition) is 1. The van der Waals surface area contributed by atoms with Gasteiger partial charge in [0.05, 0.1) is 6.10 Å². The maximum Gasteiger partial charge on any atom is 0.0702 e. The lowest BCUT2D eigenvalue weighted by molar-refractivity contribution is -0.000411. The Balaban J connectivity index is 2.41. The zero-order valence-corrected chi connectivity index (χ0v) is 11.2. The largest absolute Gasteiger partial charge is 0.377 e. The van der Waals surface area contributed by atoms with Crippen molar-refractivity contribution < 1.29 is 4.74 Å². The van der Waals surface area contributed by atoms with Crippen LogP contribution in [0.4, 0.5) is 0 Å². The number of nitrogens with zero attached hydrogens (tertiary/aromatic N) is 1. The first-order valence-electron chi connectivity index (χ1n) is 6.76. The summed E-state index contributed by atoms with van der Waals surface area (Å²) in [5, 5.41) is 0. The van der Waals surface area contributed by atoms with E-state index < -0.39 is 0 Å². The van der Waals surface area contributed by atoms with Crippen molar-refractivity contribution in [3.63, 3.8) is 0 Å². The van der Waals surface area contributed by atoms with E-state index in [0.29, 0.717) is 6.10 Å². The second kappa shape index (κ2) is 6.58. The molecule has 0 aromatic carbocycles. The van der Waals surface area contributed by atoms with Gasteiger partial charge < -0.3 is 10.5 Å². The Hall–Kier alpha value is -0.120. The van der Waals surface area contributed by atoms with Crippen LogP contribution in [0.25, 0.3) is 0 Å². The number of nitrogens with two attached hydrogens (primary N) is 1.